The van der Waals surface area contributed by atoms with Gasteiger partial charge in [-0.05, 0) is 166 Å². The lowest BCUT2D eigenvalue weighted by atomic mass is 10.1. The maximum Gasteiger partial charge on any atom is 0.416 e. The van der Waals surface area contributed by atoms with Gasteiger partial charge in [-0.15, -0.1) is 0 Å². The predicted octanol–water partition coefficient (Wildman–Crippen LogP) is 9.76. The zero-order valence-electron chi connectivity index (χ0n) is 52.0. The SMILES string of the molecule is Cc1cc2ncnn2cc1Nc1ncc2c(n1)N(C1CCCS(C)(C)CC1)C(=O)OC2.Cc1cc2ncnn2cc1Nc1ncc2c(n1)N(C1CCS(C)(C)C1)C(=O)OC2.Cc1cc2ncnn2cc1Nc1ncc2c(n1)N(C1CCS(C)(C)CC1)C(=O)OC2. The Morgan fingerprint density at radius 1 is 0.433 bits per heavy atom. The number of nitrogens with one attached hydrogen (secondary N) is 3. The summed E-state index contributed by atoms with van der Waals surface area (Å²) >= 11 is 0. The van der Waals surface area contributed by atoms with Gasteiger partial charge < -0.3 is 30.2 Å². The number of aromatic nitrogens is 15. The zero-order valence-corrected chi connectivity index (χ0v) is 54.4. The highest BCUT2D eigenvalue weighted by atomic mass is 32.3. The molecule has 0 spiro atoms. The molecule has 3 saturated heterocycles. The molecule has 3 N–H and O–H groups in total. The molecule has 0 aliphatic carbocycles. The third kappa shape index (κ3) is 12.8. The fourth-order valence-corrected chi connectivity index (χ4v) is 18.7. The number of hydrogen-bond acceptors (Lipinski definition) is 21. The lowest BCUT2D eigenvalue weighted by molar-refractivity contribution is 0.136. The monoisotopic (exact) mass is 1280 g/mol. The number of anilines is 9. The smallest absolute Gasteiger partial charge is 0.416 e. The van der Waals surface area contributed by atoms with Crippen molar-refractivity contribution in [2.45, 2.75) is 97.2 Å². The lowest BCUT2D eigenvalue weighted by Crippen LogP contribution is -2.47. The summed E-state index contributed by atoms with van der Waals surface area (Å²) in [6.07, 6.45) is 34.6. The first-order valence-electron chi connectivity index (χ1n) is 29.9. The third-order valence-electron chi connectivity index (χ3n) is 17.4. The minimum absolute atomic E-state index is 0.108. The first kappa shape index (κ1) is 60.3. The molecular weight excluding hydrogens is 1210 g/mol. The van der Waals surface area contributed by atoms with Gasteiger partial charge in [-0.3, -0.25) is 14.7 Å². The molecule has 3 amide bonds. The number of nitrogens with zero attached hydrogens (tertiary/aromatic N) is 18. The Hall–Kier alpha value is -8.64. The molecule has 30 heteroatoms. The molecule has 9 aromatic heterocycles. The number of rotatable bonds is 9. The Bertz CT molecular complexity index is 4220. The second-order valence-corrected chi connectivity index (χ2v) is 38.3. The summed E-state index contributed by atoms with van der Waals surface area (Å²) in [6, 6.07) is 6.20. The molecule has 3 fully saturated rings. The summed E-state index contributed by atoms with van der Waals surface area (Å²) in [5.74, 6) is 10.2. The minimum atomic E-state index is -0.674. The molecule has 2 atom stereocenters. The third-order valence-corrected chi connectivity index (χ3v) is 25.5. The maximum absolute atomic E-state index is 12.8. The van der Waals surface area contributed by atoms with Gasteiger partial charge in [0.25, 0.3) is 0 Å². The van der Waals surface area contributed by atoms with Crippen LogP contribution in [-0.4, -0.2) is 182 Å². The number of carbonyl (C=O) groups is 3. The van der Waals surface area contributed by atoms with E-state index in [-0.39, 0.29) is 56.2 Å². The summed E-state index contributed by atoms with van der Waals surface area (Å²) in [5.41, 5.74) is 10.4. The van der Waals surface area contributed by atoms with Gasteiger partial charge in [0.05, 0.1) is 58.4 Å². The average molecular weight is 1280 g/mol. The van der Waals surface area contributed by atoms with E-state index in [0.29, 0.717) is 35.3 Å². The first-order chi connectivity index (χ1) is 43.2. The summed E-state index contributed by atoms with van der Waals surface area (Å²) in [6.45, 7) is 6.59. The Morgan fingerprint density at radius 2 is 0.767 bits per heavy atom. The average Bonchev–Trinajstić information content (AvgIpc) is 0.920. The van der Waals surface area contributed by atoms with Crippen LogP contribution in [0.5, 0.6) is 0 Å². The second-order valence-electron chi connectivity index (χ2n) is 25.3. The Labute approximate surface area is 524 Å². The van der Waals surface area contributed by atoms with Gasteiger partial charge >= 0.3 is 18.3 Å². The molecule has 0 bridgehead atoms. The lowest BCUT2D eigenvalue weighted by Gasteiger charge is -2.43. The van der Waals surface area contributed by atoms with E-state index >= 15 is 0 Å². The largest absolute Gasteiger partial charge is 0.444 e. The van der Waals surface area contributed by atoms with Crippen molar-refractivity contribution < 1.29 is 28.6 Å². The number of cyclic esters (lactones) is 3. The van der Waals surface area contributed by atoms with Gasteiger partial charge in [0.2, 0.25) is 17.8 Å². The van der Waals surface area contributed by atoms with Crippen molar-refractivity contribution in [3.63, 3.8) is 0 Å². The maximum atomic E-state index is 12.8. The van der Waals surface area contributed by atoms with Crippen LogP contribution in [-0.2, 0) is 34.0 Å². The van der Waals surface area contributed by atoms with Crippen LogP contribution in [0.2, 0.25) is 0 Å². The van der Waals surface area contributed by atoms with E-state index in [9.17, 15) is 14.4 Å². The Morgan fingerprint density at radius 3 is 1.13 bits per heavy atom. The highest BCUT2D eigenvalue weighted by molar-refractivity contribution is 8.33. The molecule has 15 heterocycles. The van der Waals surface area contributed by atoms with Crippen molar-refractivity contribution in [1.29, 1.82) is 0 Å². The summed E-state index contributed by atoms with van der Waals surface area (Å²) < 4.78 is 21.4. The van der Waals surface area contributed by atoms with Crippen molar-refractivity contribution in [3.8, 4) is 0 Å². The van der Waals surface area contributed by atoms with Crippen LogP contribution in [0.1, 0.15) is 71.9 Å². The van der Waals surface area contributed by atoms with Crippen molar-refractivity contribution >= 4 is 118 Å². The van der Waals surface area contributed by atoms with Gasteiger partial charge in [0.15, 0.2) is 34.4 Å². The van der Waals surface area contributed by atoms with Crippen LogP contribution < -0.4 is 30.7 Å². The topological polar surface area (TPSA) is 293 Å². The van der Waals surface area contributed by atoms with Gasteiger partial charge in [-0.1, -0.05) is 0 Å². The predicted molar refractivity (Wildman–Crippen MR) is 354 cm³/mol. The molecule has 15 rings (SSSR count). The number of aryl methyl sites for hydroxylation is 3. The zero-order chi connectivity index (χ0) is 62.6. The molecule has 9 aromatic rings. The quantitative estimate of drug-likeness (QED) is 0.113. The van der Waals surface area contributed by atoms with Crippen LogP contribution in [0.25, 0.3) is 16.9 Å². The molecule has 0 radical (unpaired) electrons. The fraction of sp³-hybridized carbons (Fsp3) is 0.450. The Kier molecular flexibility index (Phi) is 16.3. The van der Waals surface area contributed by atoms with Crippen LogP contribution in [0, 0.1) is 20.8 Å². The highest BCUT2D eigenvalue weighted by Gasteiger charge is 2.41. The number of carbonyl (C=O) groups excluding carboxylic acids is 3. The van der Waals surface area contributed by atoms with Gasteiger partial charge in [0, 0.05) is 30.7 Å². The summed E-state index contributed by atoms with van der Waals surface area (Å²) in [5, 5.41) is 22.4. The standard InChI is InChI=1S/C21H27N7O2S.C20H25N7O2S.C19H23N7O2S/c1-14-9-18-23-13-24-27(18)11-17(14)25-20-22-10-15-12-30-21(29)28(19(15)26-20)16-5-4-7-31(2,3)8-6-16;1-13-8-17-22-12-23-26(17)10-16(13)24-19-21-9-14-11-29-20(28)27(18(14)25-19)15-4-6-30(2,3)7-5-15;1-12-6-16-21-11-22-25(16)8-15(12)23-18-20-7-13-9-28-19(27)26(17(13)24-18)14-4-5-29(2,3)10-14/h9-11,13,16H,4-8,12H2,1-3H3,(H,22,25,26);8-10,12,15H,4-7,11H2,1-3H3,(H,21,24,25);6-8,11,14H,4-5,9-10H2,1-3H3,(H,20,23,24). The van der Waals surface area contributed by atoms with Crippen LogP contribution >= 0.6 is 30.1 Å². The second kappa shape index (κ2) is 24.3. The minimum Gasteiger partial charge on any atom is -0.444 e. The van der Waals surface area contributed by atoms with E-state index < -0.39 is 30.1 Å². The van der Waals surface area contributed by atoms with Gasteiger partial charge in [0.1, 0.15) is 38.8 Å². The fourth-order valence-electron chi connectivity index (χ4n) is 12.2. The number of amides is 3. The molecule has 0 saturated carbocycles. The number of ether oxygens (including phenoxy) is 3. The molecule has 6 aliphatic rings. The van der Waals surface area contributed by atoms with Crippen molar-refractivity contribution in [3.05, 3.63) is 108 Å². The number of hydrogen-bond donors (Lipinski definition) is 3. The van der Waals surface area contributed by atoms with E-state index in [1.807, 2.05) is 57.6 Å². The van der Waals surface area contributed by atoms with E-state index in [2.05, 4.69) is 98.7 Å². The Balaban J connectivity index is 0.000000124. The molecule has 90 heavy (non-hydrogen) atoms. The normalized spacial score (nSPS) is 21.2. The molecular formula is C60H75N21O6S3. The molecule has 6 aliphatic heterocycles. The van der Waals surface area contributed by atoms with Crippen molar-refractivity contribution in [2.75, 3.05) is 103 Å². The number of fused-ring (bicyclic) bond motifs is 6. The highest BCUT2D eigenvalue weighted by Crippen LogP contribution is 2.50. The molecule has 2 unspecified atom stereocenters. The van der Waals surface area contributed by atoms with E-state index in [0.717, 1.165) is 135 Å². The molecule has 27 nitrogen and oxygen atoms in total. The van der Waals surface area contributed by atoms with Gasteiger partial charge in [-0.2, -0.15) is 30.2 Å². The van der Waals surface area contributed by atoms with Crippen LogP contribution in [0.3, 0.4) is 0 Å². The van der Waals surface area contributed by atoms with E-state index in [1.54, 1.807) is 46.8 Å². The van der Waals surface area contributed by atoms with Gasteiger partial charge in [-0.25, -0.2) is 87.9 Å². The molecule has 474 valence electrons. The van der Waals surface area contributed by atoms with Crippen molar-refractivity contribution in [2.24, 2.45) is 0 Å². The van der Waals surface area contributed by atoms with Crippen LogP contribution in [0.15, 0.2) is 74.4 Å². The van der Waals surface area contributed by atoms with Crippen molar-refractivity contribution in [1.82, 2.24) is 73.7 Å². The molecule has 0 aromatic carbocycles. The summed E-state index contributed by atoms with van der Waals surface area (Å²) in [7, 11) is -1.82. The summed E-state index contributed by atoms with van der Waals surface area (Å²) in [4.78, 5) is 83.4. The van der Waals surface area contributed by atoms with E-state index in [1.165, 1.54) is 24.7 Å². The van der Waals surface area contributed by atoms with Crippen LogP contribution in [0.4, 0.5) is 66.7 Å². The van der Waals surface area contributed by atoms with E-state index in [4.69, 9.17) is 29.2 Å². The number of pyridine rings is 3. The first-order valence-corrected chi connectivity index (χ1v) is 38.3.